The predicted molar refractivity (Wildman–Crippen MR) is 118 cm³/mol. The fourth-order valence-electron chi connectivity index (χ4n) is 3.99. The van der Waals surface area contributed by atoms with Crippen molar-refractivity contribution < 1.29 is 13.2 Å². The van der Waals surface area contributed by atoms with Crippen molar-refractivity contribution in [2.45, 2.75) is 23.3 Å². The van der Waals surface area contributed by atoms with Crippen LogP contribution in [0.3, 0.4) is 0 Å². The number of hydrogen-bond donors (Lipinski definition) is 1. The summed E-state index contributed by atoms with van der Waals surface area (Å²) in [4.78, 5) is 16.9. The largest absolute Gasteiger partial charge is 0.339 e. The first-order valence-corrected chi connectivity index (χ1v) is 12.3. The van der Waals surface area contributed by atoms with E-state index in [-0.39, 0.29) is 5.91 Å². The molecule has 1 saturated heterocycles. The average Bonchev–Trinajstić information content (AvgIpc) is 3.52. The highest BCUT2D eigenvalue weighted by molar-refractivity contribution is 7.90. The molecule has 1 aliphatic heterocycles. The Morgan fingerprint density at radius 1 is 0.967 bits per heavy atom. The molecule has 7 heteroatoms. The third-order valence-corrected chi connectivity index (χ3v) is 7.25. The number of rotatable bonds is 6. The lowest BCUT2D eigenvalue weighted by Gasteiger charge is -2.32. The molecule has 2 fully saturated rings. The number of benzene rings is 2. The van der Waals surface area contributed by atoms with Crippen LogP contribution in [-0.2, 0) is 14.6 Å². The first-order valence-electron chi connectivity index (χ1n) is 10.4. The van der Waals surface area contributed by atoms with Gasteiger partial charge in [0.15, 0.2) is 9.84 Å². The van der Waals surface area contributed by atoms with Gasteiger partial charge in [0.1, 0.15) is 0 Å². The van der Waals surface area contributed by atoms with Crippen molar-refractivity contribution in [2.75, 3.05) is 46.0 Å². The SMILES string of the molecule is CN1CCN(C(=O)CN[C@@H]2C[C@H]2c2ccc(-c3ccc(S(C)(=O)=O)cc3)cc2)CC1. The molecule has 0 aromatic heterocycles. The van der Waals surface area contributed by atoms with E-state index in [9.17, 15) is 13.2 Å². The zero-order chi connectivity index (χ0) is 21.3. The molecule has 1 aliphatic carbocycles. The molecule has 0 spiro atoms. The molecule has 0 radical (unpaired) electrons. The number of carbonyl (C=O) groups excluding carboxylic acids is 1. The van der Waals surface area contributed by atoms with Gasteiger partial charge in [-0.3, -0.25) is 4.79 Å². The van der Waals surface area contributed by atoms with Crippen molar-refractivity contribution in [2.24, 2.45) is 0 Å². The zero-order valence-electron chi connectivity index (χ0n) is 17.5. The molecule has 4 rings (SSSR count). The average molecular weight is 428 g/mol. The number of amides is 1. The third-order valence-electron chi connectivity index (χ3n) is 6.12. The second kappa shape index (κ2) is 8.49. The number of piperazine rings is 1. The second-order valence-electron chi connectivity index (χ2n) is 8.43. The van der Waals surface area contributed by atoms with Crippen LogP contribution in [0.15, 0.2) is 53.4 Å². The Bertz CT molecular complexity index is 995. The first kappa shape index (κ1) is 21.0. The third kappa shape index (κ3) is 4.91. The summed E-state index contributed by atoms with van der Waals surface area (Å²) in [5.74, 6) is 0.647. The summed E-state index contributed by atoms with van der Waals surface area (Å²) >= 11 is 0. The number of nitrogens with one attached hydrogen (secondary N) is 1. The Kier molecular flexibility index (Phi) is 5.95. The van der Waals surface area contributed by atoms with E-state index in [1.54, 1.807) is 12.1 Å². The van der Waals surface area contributed by atoms with Crippen molar-refractivity contribution >= 4 is 15.7 Å². The van der Waals surface area contributed by atoms with Crippen molar-refractivity contribution in [1.29, 1.82) is 0 Å². The van der Waals surface area contributed by atoms with Crippen LogP contribution in [0.4, 0.5) is 0 Å². The lowest BCUT2D eigenvalue weighted by molar-refractivity contribution is -0.131. The summed E-state index contributed by atoms with van der Waals surface area (Å²) in [6.07, 6.45) is 2.27. The number of likely N-dealkylation sites (N-methyl/N-ethyl adjacent to an activating group) is 1. The molecule has 160 valence electrons. The first-order chi connectivity index (χ1) is 14.3. The highest BCUT2D eigenvalue weighted by Gasteiger charge is 2.38. The van der Waals surface area contributed by atoms with E-state index in [0.717, 1.165) is 43.7 Å². The van der Waals surface area contributed by atoms with E-state index in [2.05, 4.69) is 41.5 Å². The molecule has 1 amide bonds. The van der Waals surface area contributed by atoms with Crippen LogP contribution in [0, 0.1) is 0 Å². The van der Waals surface area contributed by atoms with Crippen LogP contribution in [0.1, 0.15) is 17.9 Å². The molecule has 30 heavy (non-hydrogen) atoms. The van der Waals surface area contributed by atoms with Gasteiger partial charge in [0, 0.05) is 44.4 Å². The minimum Gasteiger partial charge on any atom is -0.339 e. The van der Waals surface area contributed by atoms with Crippen LogP contribution in [0.25, 0.3) is 11.1 Å². The molecule has 0 bridgehead atoms. The maximum Gasteiger partial charge on any atom is 0.236 e. The van der Waals surface area contributed by atoms with E-state index in [1.165, 1.54) is 11.8 Å². The maximum absolute atomic E-state index is 12.4. The van der Waals surface area contributed by atoms with Gasteiger partial charge in [-0.05, 0) is 42.3 Å². The molecule has 2 aromatic rings. The summed E-state index contributed by atoms with van der Waals surface area (Å²) in [5.41, 5.74) is 3.34. The van der Waals surface area contributed by atoms with E-state index in [4.69, 9.17) is 0 Å². The standard InChI is InChI=1S/C23H29N3O3S/c1-25-11-13-26(14-12-25)23(27)16-24-22-15-21(22)19-5-3-17(4-6-19)18-7-9-20(10-8-18)30(2,28)29/h3-10,21-22,24H,11-16H2,1-2H3/t21-,22+/m0/s1. The summed E-state index contributed by atoms with van der Waals surface area (Å²) in [6, 6.07) is 15.8. The highest BCUT2D eigenvalue weighted by atomic mass is 32.2. The van der Waals surface area contributed by atoms with Crippen molar-refractivity contribution in [3.05, 3.63) is 54.1 Å². The summed E-state index contributed by atoms with van der Waals surface area (Å²) in [5, 5.41) is 3.42. The quantitative estimate of drug-likeness (QED) is 0.763. The molecule has 2 aromatic carbocycles. The lowest BCUT2D eigenvalue weighted by atomic mass is 10.0. The molecule has 0 unspecified atom stereocenters. The van der Waals surface area contributed by atoms with Gasteiger partial charge in [0.2, 0.25) is 5.91 Å². The number of sulfone groups is 1. The Hall–Kier alpha value is -2.22. The summed E-state index contributed by atoms with van der Waals surface area (Å²) < 4.78 is 23.2. The molecule has 1 heterocycles. The maximum atomic E-state index is 12.4. The van der Waals surface area contributed by atoms with Gasteiger partial charge in [0.05, 0.1) is 11.4 Å². The monoisotopic (exact) mass is 427 g/mol. The normalized spacial score (nSPS) is 22.1. The summed E-state index contributed by atoms with van der Waals surface area (Å²) in [7, 11) is -1.09. The van der Waals surface area contributed by atoms with Gasteiger partial charge in [0.25, 0.3) is 0 Å². The van der Waals surface area contributed by atoms with Gasteiger partial charge in [-0.15, -0.1) is 0 Å². The van der Waals surface area contributed by atoms with Crippen LogP contribution >= 0.6 is 0 Å². The number of carbonyl (C=O) groups is 1. The molecule has 2 aliphatic rings. The minimum absolute atomic E-state index is 0.196. The second-order valence-corrected chi connectivity index (χ2v) is 10.4. The van der Waals surface area contributed by atoms with Crippen molar-refractivity contribution in [1.82, 2.24) is 15.1 Å². The fourth-order valence-corrected chi connectivity index (χ4v) is 4.62. The van der Waals surface area contributed by atoms with E-state index >= 15 is 0 Å². The Labute approximate surface area is 178 Å². The number of nitrogens with zero attached hydrogens (tertiary/aromatic N) is 2. The van der Waals surface area contributed by atoms with E-state index in [1.807, 2.05) is 17.0 Å². The van der Waals surface area contributed by atoms with Gasteiger partial charge < -0.3 is 15.1 Å². The van der Waals surface area contributed by atoms with Gasteiger partial charge in [-0.1, -0.05) is 36.4 Å². The van der Waals surface area contributed by atoms with Crippen LogP contribution in [0.5, 0.6) is 0 Å². The smallest absolute Gasteiger partial charge is 0.236 e. The van der Waals surface area contributed by atoms with Crippen molar-refractivity contribution in [3.63, 3.8) is 0 Å². The fraction of sp³-hybridized carbons (Fsp3) is 0.435. The molecule has 1 N–H and O–H groups in total. The van der Waals surface area contributed by atoms with E-state index < -0.39 is 9.84 Å². The molecule has 6 nitrogen and oxygen atoms in total. The van der Waals surface area contributed by atoms with Crippen molar-refractivity contribution in [3.8, 4) is 11.1 Å². The van der Waals surface area contributed by atoms with Gasteiger partial charge >= 0.3 is 0 Å². The van der Waals surface area contributed by atoms with Crippen LogP contribution < -0.4 is 5.32 Å². The topological polar surface area (TPSA) is 69.7 Å². The molecular formula is C23H29N3O3S. The van der Waals surface area contributed by atoms with Gasteiger partial charge in [-0.2, -0.15) is 0 Å². The molecule has 2 atom stereocenters. The summed E-state index contributed by atoms with van der Waals surface area (Å²) in [6.45, 7) is 3.94. The highest BCUT2D eigenvalue weighted by Crippen LogP contribution is 2.41. The molecule has 1 saturated carbocycles. The minimum atomic E-state index is -3.18. The van der Waals surface area contributed by atoms with Crippen LogP contribution in [0.2, 0.25) is 0 Å². The Morgan fingerprint density at radius 3 is 2.10 bits per heavy atom. The predicted octanol–water partition coefficient (Wildman–Crippen LogP) is 1.98. The molecular weight excluding hydrogens is 398 g/mol. The van der Waals surface area contributed by atoms with Crippen LogP contribution in [-0.4, -0.2) is 76.2 Å². The zero-order valence-corrected chi connectivity index (χ0v) is 18.4. The Balaban J connectivity index is 1.29. The Morgan fingerprint density at radius 2 is 1.53 bits per heavy atom. The van der Waals surface area contributed by atoms with Gasteiger partial charge in [-0.25, -0.2) is 8.42 Å². The number of hydrogen-bond acceptors (Lipinski definition) is 5. The lowest BCUT2D eigenvalue weighted by Crippen LogP contribution is -2.49. The van der Waals surface area contributed by atoms with E-state index in [0.29, 0.717) is 23.4 Å².